The Hall–Kier alpha value is -1.26. The van der Waals surface area contributed by atoms with Crippen molar-refractivity contribution in [1.82, 2.24) is 8.97 Å². The Bertz CT molecular complexity index is 928. The van der Waals surface area contributed by atoms with Gasteiger partial charge in [0.05, 0.1) is 0 Å². The molecule has 0 saturated heterocycles. The molecular weight excluding hydrogens is 491 g/mol. The van der Waals surface area contributed by atoms with Gasteiger partial charge in [0.15, 0.2) is 0 Å². The minimum atomic E-state index is -0.484. The molecule has 0 radical (unpaired) electrons. The Morgan fingerprint density at radius 1 is 1.04 bits per heavy atom. The van der Waals surface area contributed by atoms with Crippen LogP contribution in [0.3, 0.4) is 0 Å². The molecule has 126 valence electrons. The van der Waals surface area contributed by atoms with Crippen LogP contribution in [0.25, 0.3) is 11.2 Å². The number of anilines is 1. The van der Waals surface area contributed by atoms with Gasteiger partial charge < -0.3 is 0 Å². The molecule has 0 unspecified atom stereocenters. The predicted octanol–water partition coefficient (Wildman–Crippen LogP) is 4.49. The van der Waals surface area contributed by atoms with Gasteiger partial charge in [-0.3, -0.25) is 0 Å². The molecule has 3 nitrogen and oxygen atoms in total. The molecule has 0 saturated carbocycles. The topological polar surface area (TPSA) is 12.6 Å². The average molecular weight is 512 g/mol. The molecule has 0 aliphatic heterocycles. The van der Waals surface area contributed by atoms with Crippen LogP contribution in [0.5, 0.6) is 0 Å². The van der Waals surface area contributed by atoms with Crippen molar-refractivity contribution >= 4 is 20.5 Å². The first-order valence-electron chi connectivity index (χ1n) is 7.45. The molecule has 0 spiro atoms. The van der Waals surface area contributed by atoms with Crippen LogP contribution in [0.1, 0.15) is 16.7 Å². The van der Waals surface area contributed by atoms with Crippen LogP contribution in [0, 0.1) is 24.4 Å². The van der Waals surface area contributed by atoms with E-state index in [0.717, 1.165) is 5.82 Å². The minimum absolute atomic E-state index is 0.484. The molecule has 23 heavy (non-hydrogen) atoms. The summed E-state index contributed by atoms with van der Waals surface area (Å²) in [7, 11) is 10.6. The Morgan fingerprint density at radius 2 is 1.70 bits per heavy atom. The van der Waals surface area contributed by atoms with E-state index < -0.39 is 18.2 Å². The number of hydrogen-bond donors (Lipinski definition) is 0. The molecule has 0 aliphatic rings. The van der Waals surface area contributed by atoms with Gasteiger partial charge in [0.1, 0.15) is 0 Å². The summed E-state index contributed by atoms with van der Waals surface area (Å²) in [6.07, 6.45) is 2.20. The first-order chi connectivity index (χ1) is 10.9. The van der Waals surface area contributed by atoms with E-state index >= 15 is 0 Å². The van der Waals surface area contributed by atoms with E-state index in [1.54, 1.807) is 0 Å². The summed E-state index contributed by atoms with van der Waals surface area (Å²) in [4.78, 5) is 2.13. The van der Waals surface area contributed by atoms with Crippen LogP contribution in [-0.4, -0.2) is 23.1 Å². The number of benzene rings is 1. The molecule has 2 heterocycles. The van der Waals surface area contributed by atoms with Gasteiger partial charge in [-0.05, 0) is 0 Å². The molecule has 3 rings (SSSR count). The van der Waals surface area contributed by atoms with Crippen molar-refractivity contribution in [2.24, 2.45) is 0 Å². The van der Waals surface area contributed by atoms with Gasteiger partial charge in [0.25, 0.3) is 0 Å². The second-order valence-corrected chi connectivity index (χ2v) is 8.39. The summed E-state index contributed by atoms with van der Waals surface area (Å²) >= 11 is -0.484. The predicted molar refractivity (Wildman–Crippen MR) is 94.4 cm³/mol. The van der Waals surface area contributed by atoms with Crippen LogP contribution in [0.4, 0.5) is 5.82 Å². The molecule has 0 atom stereocenters. The Labute approximate surface area is 149 Å². The zero-order valence-electron chi connectivity index (χ0n) is 14.0. The molecule has 5 heteroatoms. The number of aryl methyl sites for hydroxylation is 3. The summed E-state index contributed by atoms with van der Waals surface area (Å²) in [6.45, 7) is 6.49. The number of aromatic nitrogens is 2. The first-order valence-corrected chi connectivity index (χ1v) is 11.2. The van der Waals surface area contributed by atoms with E-state index in [0.29, 0.717) is 0 Å². The summed E-state index contributed by atoms with van der Waals surface area (Å²) in [6, 6.07) is 10.8. The number of pyridine rings is 1. The third-order valence-electron chi connectivity index (χ3n) is 3.99. The monoisotopic (exact) mass is 511 g/mol. The SMILES string of the molecule is Cc1cc(C)c(-n2cc3cccc(N(C)C)n3[c]2=[Au][Cl])c(C)c1. The fourth-order valence-corrected chi connectivity index (χ4v) is 5.35. The van der Waals surface area contributed by atoms with Gasteiger partial charge in [0, 0.05) is 0 Å². The number of nitrogens with zero attached hydrogens (tertiary/aromatic N) is 3. The van der Waals surface area contributed by atoms with E-state index in [-0.39, 0.29) is 0 Å². The van der Waals surface area contributed by atoms with Crippen LogP contribution in [-0.2, 0) is 18.2 Å². The fourth-order valence-electron chi connectivity index (χ4n) is 3.19. The molecule has 1 aromatic carbocycles. The summed E-state index contributed by atoms with van der Waals surface area (Å²) < 4.78 is 5.72. The second kappa shape index (κ2) is 6.33. The molecule has 0 aliphatic carbocycles. The Balaban J connectivity index is 2.44. The van der Waals surface area contributed by atoms with Crippen molar-refractivity contribution in [2.45, 2.75) is 20.8 Å². The normalized spacial score (nSPS) is 12.9. The summed E-state index contributed by atoms with van der Waals surface area (Å²) in [5.74, 6) is 1.15. The number of hydrogen-bond acceptors (Lipinski definition) is 1. The average Bonchev–Trinajstić information content (AvgIpc) is 2.83. The van der Waals surface area contributed by atoms with E-state index in [1.165, 1.54) is 31.5 Å². The Kier molecular flexibility index (Phi) is 4.56. The maximum atomic E-state index is 6.45. The van der Waals surface area contributed by atoms with Crippen LogP contribution >= 0.6 is 9.19 Å². The number of fused-ring (bicyclic) bond motifs is 1. The van der Waals surface area contributed by atoms with Crippen molar-refractivity contribution in [2.75, 3.05) is 19.0 Å². The zero-order valence-corrected chi connectivity index (χ0v) is 16.9. The number of halogens is 1. The van der Waals surface area contributed by atoms with E-state index in [2.05, 4.69) is 85.3 Å². The van der Waals surface area contributed by atoms with Crippen molar-refractivity contribution in [3.8, 4) is 5.69 Å². The van der Waals surface area contributed by atoms with Crippen LogP contribution in [0.15, 0.2) is 36.5 Å². The van der Waals surface area contributed by atoms with E-state index in [4.69, 9.17) is 9.19 Å². The Morgan fingerprint density at radius 3 is 2.26 bits per heavy atom. The molecule has 0 N–H and O–H groups in total. The van der Waals surface area contributed by atoms with Gasteiger partial charge >= 0.3 is 150 Å². The standard InChI is InChI=1S/C18H21N3.Au.ClH/c1-13-9-14(2)18(15(3)10-13)20-11-16-7-6-8-17(19(4)5)21(16)12-20;;/h6-11H,1-5H3;;1H/q;+1;/p-1. The molecule has 2 aromatic heterocycles. The molecule has 3 aromatic rings. The van der Waals surface area contributed by atoms with Crippen LogP contribution in [0.2, 0.25) is 0 Å². The summed E-state index contributed by atoms with van der Waals surface area (Å²) in [5.41, 5.74) is 6.27. The quantitative estimate of drug-likeness (QED) is 0.462. The van der Waals surface area contributed by atoms with Gasteiger partial charge in [-0.2, -0.15) is 0 Å². The van der Waals surface area contributed by atoms with Gasteiger partial charge in [-0.15, -0.1) is 0 Å². The second-order valence-electron chi connectivity index (χ2n) is 6.08. The third-order valence-corrected chi connectivity index (χ3v) is 6.20. The van der Waals surface area contributed by atoms with Crippen molar-refractivity contribution in [1.29, 1.82) is 0 Å². The number of imidazole rings is 1. The number of rotatable bonds is 2. The van der Waals surface area contributed by atoms with Gasteiger partial charge in [-0.25, -0.2) is 0 Å². The maximum absolute atomic E-state index is 6.45. The molecular formula is C18H21AuClN3. The fraction of sp³-hybridized carbons (Fsp3) is 0.278. The van der Waals surface area contributed by atoms with E-state index in [1.807, 2.05) is 0 Å². The van der Waals surface area contributed by atoms with E-state index in [9.17, 15) is 0 Å². The molecule has 0 bridgehead atoms. The van der Waals surface area contributed by atoms with Crippen LogP contribution < -0.4 is 4.90 Å². The van der Waals surface area contributed by atoms with Crippen molar-refractivity contribution in [3.05, 3.63) is 56.8 Å². The van der Waals surface area contributed by atoms with Crippen molar-refractivity contribution in [3.63, 3.8) is 0 Å². The third kappa shape index (κ3) is 2.83. The van der Waals surface area contributed by atoms with Crippen molar-refractivity contribution < 1.29 is 18.2 Å². The molecule has 0 fully saturated rings. The first kappa shape index (κ1) is 16.6. The van der Waals surface area contributed by atoms with Gasteiger partial charge in [0.2, 0.25) is 0 Å². The summed E-state index contributed by atoms with van der Waals surface area (Å²) in [5, 5.41) is 0. The van der Waals surface area contributed by atoms with Gasteiger partial charge in [-0.1, -0.05) is 0 Å². The molecule has 0 amide bonds. The zero-order chi connectivity index (χ0) is 16.7.